The van der Waals surface area contributed by atoms with Crippen LogP contribution in [-0.2, 0) is 9.47 Å². The maximum Gasteiger partial charge on any atom is 0.167 e. The molecule has 74 valence electrons. The standard InChI is InChI=1S/C12H14O2/c1-13-12-11(8-5-9-14-12)10-6-3-2-4-7-10/h2-8,11-12H,9H2,1H3/t11-,12+/m1/s1. The fourth-order valence-electron chi connectivity index (χ4n) is 1.71. The summed E-state index contributed by atoms with van der Waals surface area (Å²) in [6.45, 7) is 0.641. The SMILES string of the molecule is CO[C@H]1OCC=C[C@@H]1c1ccccc1. The maximum absolute atomic E-state index is 5.49. The summed E-state index contributed by atoms with van der Waals surface area (Å²) >= 11 is 0. The van der Waals surface area contributed by atoms with E-state index < -0.39 is 0 Å². The molecule has 1 aromatic carbocycles. The van der Waals surface area contributed by atoms with Gasteiger partial charge in [0.2, 0.25) is 0 Å². The van der Waals surface area contributed by atoms with Crippen LogP contribution in [0.5, 0.6) is 0 Å². The predicted octanol–water partition coefficient (Wildman–Crippen LogP) is 2.33. The number of hydrogen-bond acceptors (Lipinski definition) is 2. The minimum atomic E-state index is -0.151. The molecule has 2 nitrogen and oxygen atoms in total. The molecular weight excluding hydrogens is 176 g/mol. The van der Waals surface area contributed by atoms with E-state index in [-0.39, 0.29) is 12.2 Å². The zero-order valence-corrected chi connectivity index (χ0v) is 8.22. The summed E-state index contributed by atoms with van der Waals surface area (Å²) in [5.74, 6) is 0.218. The van der Waals surface area contributed by atoms with Crippen LogP contribution in [0.4, 0.5) is 0 Å². The second kappa shape index (κ2) is 4.40. The zero-order chi connectivity index (χ0) is 9.80. The Morgan fingerprint density at radius 1 is 1.29 bits per heavy atom. The number of hydrogen-bond donors (Lipinski definition) is 0. The largest absolute Gasteiger partial charge is 0.355 e. The fourth-order valence-corrected chi connectivity index (χ4v) is 1.71. The molecule has 2 rings (SSSR count). The fraction of sp³-hybridized carbons (Fsp3) is 0.333. The van der Waals surface area contributed by atoms with Crippen molar-refractivity contribution < 1.29 is 9.47 Å². The van der Waals surface area contributed by atoms with Crippen molar-refractivity contribution in [3.05, 3.63) is 48.0 Å². The normalized spacial score (nSPS) is 26.4. The Hall–Kier alpha value is -1.12. The summed E-state index contributed by atoms with van der Waals surface area (Å²) in [5, 5.41) is 0. The summed E-state index contributed by atoms with van der Waals surface area (Å²) in [7, 11) is 1.68. The molecule has 0 amide bonds. The quantitative estimate of drug-likeness (QED) is 0.666. The van der Waals surface area contributed by atoms with E-state index in [2.05, 4.69) is 18.2 Å². The van der Waals surface area contributed by atoms with E-state index >= 15 is 0 Å². The first-order valence-electron chi connectivity index (χ1n) is 4.78. The average Bonchev–Trinajstić information content (AvgIpc) is 2.30. The van der Waals surface area contributed by atoms with Crippen molar-refractivity contribution in [1.29, 1.82) is 0 Å². The van der Waals surface area contributed by atoms with Crippen LogP contribution in [0.25, 0.3) is 0 Å². The van der Waals surface area contributed by atoms with E-state index in [9.17, 15) is 0 Å². The Morgan fingerprint density at radius 3 is 2.79 bits per heavy atom. The topological polar surface area (TPSA) is 18.5 Å². The number of rotatable bonds is 2. The van der Waals surface area contributed by atoms with Crippen LogP contribution in [-0.4, -0.2) is 20.0 Å². The third-order valence-corrected chi connectivity index (χ3v) is 2.41. The van der Waals surface area contributed by atoms with Gasteiger partial charge in [-0.15, -0.1) is 0 Å². The van der Waals surface area contributed by atoms with E-state index in [1.807, 2.05) is 24.3 Å². The number of methoxy groups -OCH3 is 1. The molecule has 1 aliphatic rings. The third kappa shape index (κ3) is 1.86. The third-order valence-electron chi connectivity index (χ3n) is 2.41. The molecule has 1 aromatic rings. The highest BCUT2D eigenvalue weighted by molar-refractivity contribution is 5.25. The van der Waals surface area contributed by atoms with E-state index in [1.54, 1.807) is 7.11 Å². The lowest BCUT2D eigenvalue weighted by atomic mass is 9.97. The van der Waals surface area contributed by atoms with Gasteiger partial charge in [0.25, 0.3) is 0 Å². The van der Waals surface area contributed by atoms with Gasteiger partial charge in [0.1, 0.15) is 0 Å². The molecular formula is C12H14O2. The lowest BCUT2D eigenvalue weighted by molar-refractivity contribution is -0.127. The Kier molecular flexibility index (Phi) is 2.96. The van der Waals surface area contributed by atoms with Crippen molar-refractivity contribution in [2.45, 2.75) is 12.2 Å². The molecule has 0 bridgehead atoms. The molecule has 0 saturated carbocycles. The molecule has 0 radical (unpaired) electrons. The van der Waals surface area contributed by atoms with Crippen molar-refractivity contribution in [2.24, 2.45) is 0 Å². The summed E-state index contributed by atoms with van der Waals surface area (Å²) in [6, 6.07) is 10.3. The molecule has 0 saturated heterocycles. The lowest BCUT2D eigenvalue weighted by Gasteiger charge is -2.26. The Balaban J connectivity index is 2.23. The first-order chi connectivity index (χ1) is 6.92. The van der Waals surface area contributed by atoms with Crippen LogP contribution in [0.2, 0.25) is 0 Å². The highest BCUT2D eigenvalue weighted by Crippen LogP contribution is 2.26. The van der Waals surface area contributed by atoms with Gasteiger partial charge >= 0.3 is 0 Å². The average molecular weight is 190 g/mol. The summed E-state index contributed by atoms with van der Waals surface area (Å²) in [5.41, 5.74) is 1.23. The van der Waals surface area contributed by atoms with Crippen molar-refractivity contribution in [3.8, 4) is 0 Å². The minimum Gasteiger partial charge on any atom is -0.355 e. The smallest absolute Gasteiger partial charge is 0.167 e. The second-order valence-corrected chi connectivity index (χ2v) is 3.30. The summed E-state index contributed by atoms with van der Waals surface area (Å²) in [4.78, 5) is 0. The van der Waals surface area contributed by atoms with Crippen LogP contribution >= 0.6 is 0 Å². The molecule has 1 heterocycles. The lowest BCUT2D eigenvalue weighted by Crippen LogP contribution is -2.26. The number of ether oxygens (including phenoxy) is 2. The van der Waals surface area contributed by atoms with Crippen molar-refractivity contribution in [2.75, 3.05) is 13.7 Å². The number of benzene rings is 1. The molecule has 2 heteroatoms. The van der Waals surface area contributed by atoms with Gasteiger partial charge in [-0.3, -0.25) is 0 Å². The Bertz CT molecular complexity index is 305. The van der Waals surface area contributed by atoms with Gasteiger partial charge in [0, 0.05) is 7.11 Å². The van der Waals surface area contributed by atoms with Gasteiger partial charge in [-0.05, 0) is 5.56 Å². The minimum absolute atomic E-state index is 0.151. The molecule has 0 N–H and O–H groups in total. The van der Waals surface area contributed by atoms with Crippen LogP contribution in [0.1, 0.15) is 11.5 Å². The van der Waals surface area contributed by atoms with Gasteiger partial charge in [-0.25, -0.2) is 0 Å². The molecule has 0 spiro atoms. The van der Waals surface area contributed by atoms with Crippen LogP contribution in [0.15, 0.2) is 42.5 Å². The first kappa shape index (κ1) is 9.44. The zero-order valence-electron chi connectivity index (χ0n) is 8.22. The van der Waals surface area contributed by atoms with Gasteiger partial charge in [0.15, 0.2) is 6.29 Å². The summed E-state index contributed by atoms with van der Waals surface area (Å²) < 4.78 is 10.8. The Labute approximate surface area is 84.2 Å². The molecule has 0 aliphatic carbocycles. The molecule has 14 heavy (non-hydrogen) atoms. The highest BCUT2D eigenvalue weighted by Gasteiger charge is 2.23. The van der Waals surface area contributed by atoms with Crippen LogP contribution < -0.4 is 0 Å². The van der Waals surface area contributed by atoms with Crippen LogP contribution in [0.3, 0.4) is 0 Å². The molecule has 0 aromatic heterocycles. The van der Waals surface area contributed by atoms with Crippen molar-refractivity contribution >= 4 is 0 Å². The highest BCUT2D eigenvalue weighted by atomic mass is 16.7. The molecule has 0 unspecified atom stereocenters. The van der Waals surface area contributed by atoms with Crippen molar-refractivity contribution in [3.63, 3.8) is 0 Å². The Morgan fingerprint density at radius 2 is 2.07 bits per heavy atom. The monoisotopic (exact) mass is 190 g/mol. The van der Waals surface area contributed by atoms with Gasteiger partial charge in [-0.1, -0.05) is 42.5 Å². The van der Waals surface area contributed by atoms with Crippen LogP contribution in [0, 0.1) is 0 Å². The van der Waals surface area contributed by atoms with E-state index in [0.29, 0.717) is 6.61 Å². The molecule has 1 aliphatic heterocycles. The van der Waals surface area contributed by atoms with Gasteiger partial charge in [0.05, 0.1) is 12.5 Å². The maximum atomic E-state index is 5.49. The van der Waals surface area contributed by atoms with E-state index in [0.717, 1.165) is 0 Å². The molecule has 0 fully saturated rings. The second-order valence-electron chi connectivity index (χ2n) is 3.30. The first-order valence-corrected chi connectivity index (χ1v) is 4.78. The molecule has 2 atom stereocenters. The van der Waals surface area contributed by atoms with Gasteiger partial charge in [-0.2, -0.15) is 0 Å². The predicted molar refractivity (Wildman–Crippen MR) is 55.1 cm³/mol. The van der Waals surface area contributed by atoms with E-state index in [1.165, 1.54) is 5.56 Å². The van der Waals surface area contributed by atoms with Crippen molar-refractivity contribution in [1.82, 2.24) is 0 Å². The summed E-state index contributed by atoms with van der Waals surface area (Å²) in [6.07, 6.45) is 4.03. The van der Waals surface area contributed by atoms with Gasteiger partial charge < -0.3 is 9.47 Å². The van der Waals surface area contributed by atoms with E-state index in [4.69, 9.17) is 9.47 Å².